The van der Waals surface area contributed by atoms with Crippen LogP contribution in [0.4, 0.5) is 0 Å². The highest BCUT2D eigenvalue weighted by atomic mass is 16.4. The van der Waals surface area contributed by atoms with Gasteiger partial charge < -0.3 is 10.9 Å². The molecule has 3 N–H and O–H groups in total. The van der Waals surface area contributed by atoms with E-state index in [0.29, 0.717) is 12.3 Å². The van der Waals surface area contributed by atoms with E-state index in [0.717, 1.165) is 30.5 Å². The third kappa shape index (κ3) is 3.37. The second-order valence-corrected chi connectivity index (χ2v) is 6.23. The van der Waals surface area contributed by atoms with Crippen LogP contribution in [0.25, 0.3) is 0 Å². The minimum atomic E-state index is 0.359. The fourth-order valence-corrected chi connectivity index (χ4v) is 3.18. The zero-order valence-corrected chi connectivity index (χ0v) is 11.7. The highest BCUT2D eigenvalue weighted by Crippen LogP contribution is 2.37. The van der Waals surface area contributed by atoms with Crippen molar-refractivity contribution < 1.29 is 5.21 Å². The van der Waals surface area contributed by atoms with Crippen molar-refractivity contribution in [3.05, 3.63) is 0 Å². The minimum absolute atomic E-state index is 0.359. The number of nitrogens with two attached hydrogens (primary N) is 1. The topological polar surface area (TPSA) is 61.8 Å². The summed E-state index contributed by atoms with van der Waals surface area (Å²) in [5.74, 6) is 2.05. The summed E-state index contributed by atoms with van der Waals surface area (Å²) in [7, 11) is 0. The van der Waals surface area contributed by atoms with E-state index < -0.39 is 0 Å². The molecule has 2 saturated carbocycles. The molecule has 2 fully saturated rings. The van der Waals surface area contributed by atoms with Crippen LogP contribution >= 0.6 is 0 Å². The second kappa shape index (κ2) is 5.91. The van der Waals surface area contributed by atoms with Gasteiger partial charge in [0.05, 0.1) is 0 Å². The summed E-state index contributed by atoms with van der Waals surface area (Å²) in [5, 5.41) is 11.7. The first-order valence-corrected chi connectivity index (χ1v) is 7.34. The van der Waals surface area contributed by atoms with Crippen molar-refractivity contribution in [2.24, 2.45) is 22.7 Å². The molecule has 3 unspecified atom stereocenters. The van der Waals surface area contributed by atoms with Crippen LogP contribution in [0, 0.1) is 11.8 Å². The molecule has 2 aliphatic carbocycles. The van der Waals surface area contributed by atoms with Gasteiger partial charge in [-0.1, -0.05) is 19.0 Å². The second-order valence-electron chi connectivity index (χ2n) is 6.23. The van der Waals surface area contributed by atoms with Gasteiger partial charge in [-0.3, -0.25) is 4.90 Å². The average molecular weight is 253 g/mol. The van der Waals surface area contributed by atoms with Gasteiger partial charge in [-0.2, -0.15) is 0 Å². The largest absolute Gasteiger partial charge is 0.409 e. The zero-order valence-electron chi connectivity index (χ0n) is 11.7. The Morgan fingerprint density at radius 3 is 2.39 bits per heavy atom. The number of amidine groups is 1. The number of rotatable bonds is 5. The van der Waals surface area contributed by atoms with Crippen molar-refractivity contribution in [1.82, 2.24) is 4.90 Å². The Morgan fingerprint density at radius 1 is 1.17 bits per heavy atom. The van der Waals surface area contributed by atoms with E-state index in [1.165, 1.54) is 32.1 Å². The summed E-state index contributed by atoms with van der Waals surface area (Å²) in [6.45, 7) is 5.70. The van der Waals surface area contributed by atoms with E-state index >= 15 is 0 Å². The van der Waals surface area contributed by atoms with Gasteiger partial charge in [-0.05, 0) is 43.9 Å². The Labute approximate surface area is 110 Å². The molecule has 2 aliphatic rings. The smallest absolute Gasteiger partial charge is 0.140 e. The summed E-state index contributed by atoms with van der Waals surface area (Å²) in [6, 6.07) is 1.48. The Kier molecular flexibility index (Phi) is 4.49. The highest BCUT2D eigenvalue weighted by Gasteiger charge is 2.36. The molecule has 0 aromatic carbocycles. The number of hydrogen-bond acceptors (Lipinski definition) is 3. The molecule has 0 saturated heterocycles. The Bertz CT molecular complexity index is 301. The molecule has 104 valence electrons. The third-order valence-electron chi connectivity index (χ3n) is 4.81. The Morgan fingerprint density at radius 2 is 1.83 bits per heavy atom. The standard InChI is InChI=1S/C14H27N3O/c1-10-3-4-13(9-11(10)2)17(12-5-6-12)8-7-14(15)16-18/h10-13,18H,3-9H2,1-2H3,(H2,15,16). The Balaban J connectivity index is 1.89. The molecule has 4 nitrogen and oxygen atoms in total. The number of hydrogen-bond donors (Lipinski definition) is 2. The molecule has 3 atom stereocenters. The maximum Gasteiger partial charge on any atom is 0.140 e. The summed E-state index contributed by atoms with van der Waals surface area (Å²) in [5.41, 5.74) is 5.59. The normalized spacial score (nSPS) is 33.9. The quantitative estimate of drug-likeness (QED) is 0.342. The van der Waals surface area contributed by atoms with Crippen molar-refractivity contribution in [3.8, 4) is 0 Å². The third-order valence-corrected chi connectivity index (χ3v) is 4.81. The van der Waals surface area contributed by atoms with Gasteiger partial charge in [0.25, 0.3) is 0 Å². The van der Waals surface area contributed by atoms with Gasteiger partial charge in [0.1, 0.15) is 5.84 Å². The van der Waals surface area contributed by atoms with Crippen LogP contribution in [0.5, 0.6) is 0 Å². The first-order valence-electron chi connectivity index (χ1n) is 7.34. The van der Waals surface area contributed by atoms with Crippen molar-refractivity contribution in [3.63, 3.8) is 0 Å². The summed E-state index contributed by atoms with van der Waals surface area (Å²) >= 11 is 0. The predicted octanol–water partition coefficient (Wildman–Crippen LogP) is 2.41. The zero-order chi connectivity index (χ0) is 13.1. The van der Waals surface area contributed by atoms with Gasteiger partial charge in [-0.25, -0.2) is 0 Å². The van der Waals surface area contributed by atoms with E-state index in [-0.39, 0.29) is 0 Å². The van der Waals surface area contributed by atoms with Crippen molar-refractivity contribution in [2.45, 2.75) is 64.5 Å². The van der Waals surface area contributed by atoms with Crippen LogP contribution in [-0.2, 0) is 0 Å². The van der Waals surface area contributed by atoms with Crippen molar-refractivity contribution >= 4 is 5.84 Å². The lowest BCUT2D eigenvalue weighted by Gasteiger charge is -2.39. The van der Waals surface area contributed by atoms with Crippen LogP contribution in [-0.4, -0.2) is 34.6 Å². The van der Waals surface area contributed by atoms with Gasteiger partial charge in [0.15, 0.2) is 0 Å². The minimum Gasteiger partial charge on any atom is -0.409 e. The SMILES string of the molecule is CC1CCC(N(CCC(N)=NO)C2CC2)CC1C. The number of nitrogens with zero attached hydrogens (tertiary/aromatic N) is 2. The van der Waals surface area contributed by atoms with Crippen LogP contribution < -0.4 is 5.73 Å². The molecule has 0 radical (unpaired) electrons. The van der Waals surface area contributed by atoms with E-state index in [2.05, 4.69) is 23.9 Å². The first-order chi connectivity index (χ1) is 8.61. The first kappa shape index (κ1) is 13.7. The molecule has 0 heterocycles. The van der Waals surface area contributed by atoms with Crippen LogP contribution in [0.15, 0.2) is 5.16 Å². The fraction of sp³-hybridized carbons (Fsp3) is 0.929. The molecular weight excluding hydrogens is 226 g/mol. The summed E-state index contributed by atoms with van der Waals surface area (Å²) in [4.78, 5) is 2.63. The maximum atomic E-state index is 8.63. The van der Waals surface area contributed by atoms with Crippen LogP contribution in [0.1, 0.15) is 52.4 Å². The lowest BCUT2D eigenvalue weighted by Crippen LogP contribution is -2.43. The Hall–Kier alpha value is -0.770. The molecular formula is C14H27N3O. The predicted molar refractivity (Wildman–Crippen MR) is 73.7 cm³/mol. The van der Waals surface area contributed by atoms with Crippen LogP contribution in [0.3, 0.4) is 0 Å². The van der Waals surface area contributed by atoms with Crippen molar-refractivity contribution in [2.75, 3.05) is 6.54 Å². The molecule has 0 bridgehead atoms. The lowest BCUT2D eigenvalue weighted by atomic mass is 9.78. The summed E-state index contributed by atoms with van der Waals surface area (Å²) < 4.78 is 0. The van der Waals surface area contributed by atoms with Gasteiger partial charge in [0.2, 0.25) is 0 Å². The molecule has 0 aromatic heterocycles. The highest BCUT2D eigenvalue weighted by molar-refractivity contribution is 5.79. The molecule has 2 rings (SSSR count). The molecule has 0 amide bonds. The van der Waals surface area contributed by atoms with Crippen LogP contribution in [0.2, 0.25) is 0 Å². The van der Waals surface area contributed by atoms with Gasteiger partial charge in [-0.15, -0.1) is 0 Å². The molecule has 0 aromatic rings. The molecule has 0 spiro atoms. The van der Waals surface area contributed by atoms with Gasteiger partial charge in [0, 0.05) is 25.0 Å². The molecule has 18 heavy (non-hydrogen) atoms. The maximum absolute atomic E-state index is 8.63. The van der Waals surface area contributed by atoms with Gasteiger partial charge >= 0.3 is 0 Å². The summed E-state index contributed by atoms with van der Waals surface area (Å²) in [6.07, 6.45) is 7.32. The van der Waals surface area contributed by atoms with E-state index in [4.69, 9.17) is 10.9 Å². The molecule has 0 aliphatic heterocycles. The fourth-order valence-electron chi connectivity index (χ4n) is 3.18. The lowest BCUT2D eigenvalue weighted by molar-refractivity contribution is 0.104. The monoisotopic (exact) mass is 253 g/mol. The van der Waals surface area contributed by atoms with E-state index in [9.17, 15) is 0 Å². The average Bonchev–Trinajstić information content (AvgIpc) is 3.18. The van der Waals surface area contributed by atoms with E-state index in [1.54, 1.807) is 0 Å². The van der Waals surface area contributed by atoms with E-state index in [1.807, 2.05) is 0 Å². The van der Waals surface area contributed by atoms with Crippen molar-refractivity contribution in [1.29, 1.82) is 0 Å². The number of oxime groups is 1. The molecule has 4 heteroatoms.